The Bertz CT molecular complexity index is 1210. The first-order chi connectivity index (χ1) is 13.6. The number of halogens is 1. The molecule has 1 aliphatic heterocycles. The molecule has 5 rings (SSSR count). The number of hydrogen-bond donors (Lipinski definition) is 3. The number of nitrogens with zero attached hydrogens (tertiary/aromatic N) is 4. The van der Waals surface area contributed by atoms with Crippen molar-refractivity contribution in [3.63, 3.8) is 0 Å². The van der Waals surface area contributed by atoms with E-state index in [1.165, 1.54) is 18.3 Å². The largest absolute Gasteiger partial charge is 0.478 e. The van der Waals surface area contributed by atoms with Crippen LogP contribution < -0.4 is 5.32 Å². The van der Waals surface area contributed by atoms with Crippen LogP contribution in [0.4, 0.5) is 4.39 Å². The minimum Gasteiger partial charge on any atom is -0.478 e. The lowest BCUT2D eigenvalue weighted by molar-refractivity contribution is 0.0699. The standard InChI is InChI=1S/C19H17FN6O2/c20-11-1-2-12-15(5-11)26(4-3-10-6-21-7-10)25-16(12)14-9-23-18-17(24-14)13(8-22-18)19(27)28/h1-2,5,8-10,21H,3-4,6-7H2,(H,22,23)(H,27,28). The molecule has 3 aromatic heterocycles. The normalized spacial score (nSPS) is 14.6. The third kappa shape index (κ3) is 2.71. The SMILES string of the molecule is O=C(O)c1c[nH]c2ncc(-c3nn(CCC4CNC4)c4cc(F)ccc34)nc12. The highest BCUT2D eigenvalue weighted by Gasteiger charge is 2.20. The van der Waals surface area contributed by atoms with Crippen LogP contribution in [0, 0.1) is 11.7 Å². The predicted octanol–water partition coefficient (Wildman–Crippen LogP) is 2.42. The zero-order valence-corrected chi connectivity index (χ0v) is 14.8. The van der Waals surface area contributed by atoms with Crippen molar-refractivity contribution >= 4 is 28.0 Å². The van der Waals surface area contributed by atoms with Crippen molar-refractivity contribution < 1.29 is 14.3 Å². The number of H-pyrrole nitrogens is 1. The second kappa shape index (κ2) is 6.38. The highest BCUT2D eigenvalue weighted by Crippen LogP contribution is 2.29. The van der Waals surface area contributed by atoms with E-state index in [0.717, 1.165) is 24.9 Å². The molecule has 1 aromatic carbocycles. The quantitative estimate of drug-likeness (QED) is 0.491. The predicted molar refractivity (Wildman–Crippen MR) is 101 cm³/mol. The van der Waals surface area contributed by atoms with Gasteiger partial charge in [0, 0.05) is 18.1 Å². The lowest BCUT2D eigenvalue weighted by atomic mass is 10.00. The van der Waals surface area contributed by atoms with Crippen molar-refractivity contribution in [2.24, 2.45) is 5.92 Å². The Morgan fingerprint density at radius 3 is 2.96 bits per heavy atom. The van der Waals surface area contributed by atoms with E-state index < -0.39 is 5.97 Å². The van der Waals surface area contributed by atoms with Crippen LogP contribution in [-0.2, 0) is 6.54 Å². The van der Waals surface area contributed by atoms with Gasteiger partial charge >= 0.3 is 5.97 Å². The van der Waals surface area contributed by atoms with Crippen LogP contribution >= 0.6 is 0 Å². The monoisotopic (exact) mass is 380 g/mol. The summed E-state index contributed by atoms with van der Waals surface area (Å²) < 4.78 is 15.7. The Balaban J connectivity index is 1.62. The van der Waals surface area contributed by atoms with E-state index in [4.69, 9.17) is 0 Å². The molecule has 0 atom stereocenters. The van der Waals surface area contributed by atoms with Crippen LogP contribution in [0.3, 0.4) is 0 Å². The molecule has 0 saturated carbocycles. The molecule has 142 valence electrons. The lowest BCUT2D eigenvalue weighted by Gasteiger charge is -2.26. The van der Waals surface area contributed by atoms with Gasteiger partial charge in [-0.25, -0.2) is 19.2 Å². The third-order valence-electron chi connectivity index (χ3n) is 5.18. The van der Waals surface area contributed by atoms with Crippen LogP contribution in [0.2, 0.25) is 0 Å². The fraction of sp³-hybridized carbons (Fsp3) is 0.263. The fourth-order valence-electron chi connectivity index (χ4n) is 3.53. The Hall–Kier alpha value is -3.33. The van der Waals surface area contributed by atoms with Gasteiger partial charge < -0.3 is 15.4 Å². The smallest absolute Gasteiger partial charge is 0.339 e. The van der Waals surface area contributed by atoms with Crippen LogP contribution in [0.1, 0.15) is 16.8 Å². The number of carboxylic acids is 1. The fourth-order valence-corrected chi connectivity index (χ4v) is 3.53. The maximum atomic E-state index is 13.9. The van der Waals surface area contributed by atoms with Crippen molar-refractivity contribution in [3.05, 3.63) is 42.0 Å². The average molecular weight is 380 g/mol. The first kappa shape index (κ1) is 16.8. The highest BCUT2D eigenvalue weighted by molar-refractivity contribution is 6.01. The maximum absolute atomic E-state index is 13.9. The number of fused-ring (bicyclic) bond motifs is 2. The van der Waals surface area contributed by atoms with E-state index in [9.17, 15) is 14.3 Å². The lowest BCUT2D eigenvalue weighted by Crippen LogP contribution is -2.42. The number of benzene rings is 1. The zero-order chi connectivity index (χ0) is 19.3. The molecule has 0 amide bonds. The van der Waals surface area contributed by atoms with Crippen LogP contribution in [0.15, 0.2) is 30.6 Å². The summed E-state index contributed by atoms with van der Waals surface area (Å²) in [6, 6.07) is 4.53. The van der Waals surface area contributed by atoms with Gasteiger partial charge in [0.25, 0.3) is 0 Å². The molecule has 0 spiro atoms. The maximum Gasteiger partial charge on any atom is 0.339 e. The first-order valence-electron chi connectivity index (χ1n) is 9.05. The summed E-state index contributed by atoms with van der Waals surface area (Å²) in [6.45, 7) is 2.66. The van der Waals surface area contributed by atoms with Crippen molar-refractivity contribution in [1.29, 1.82) is 0 Å². The second-order valence-electron chi connectivity index (χ2n) is 7.01. The molecular formula is C19H17FN6O2. The molecule has 1 saturated heterocycles. The summed E-state index contributed by atoms with van der Waals surface area (Å²) in [5, 5.41) is 18.0. The van der Waals surface area contributed by atoms with E-state index in [-0.39, 0.29) is 16.9 Å². The van der Waals surface area contributed by atoms with Gasteiger partial charge in [-0.05, 0) is 43.6 Å². The summed E-state index contributed by atoms with van der Waals surface area (Å²) in [7, 11) is 0. The molecule has 1 aliphatic rings. The summed E-state index contributed by atoms with van der Waals surface area (Å²) in [4.78, 5) is 23.0. The highest BCUT2D eigenvalue weighted by atomic mass is 19.1. The van der Waals surface area contributed by atoms with Gasteiger partial charge in [0.15, 0.2) is 5.65 Å². The van der Waals surface area contributed by atoms with Crippen molar-refractivity contribution in [3.8, 4) is 11.4 Å². The number of aromatic amines is 1. The molecule has 28 heavy (non-hydrogen) atoms. The number of aromatic carboxylic acids is 1. The van der Waals surface area contributed by atoms with Gasteiger partial charge in [-0.2, -0.15) is 5.10 Å². The molecule has 3 N–H and O–H groups in total. The Morgan fingerprint density at radius 1 is 1.36 bits per heavy atom. The number of rotatable bonds is 5. The second-order valence-corrected chi connectivity index (χ2v) is 7.01. The molecule has 4 aromatic rings. The Labute approximate surface area is 158 Å². The van der Waals surface area contributed by atoms with Gasteiger partial charge in [0.05, 0.1) is 11.7 Å². The van der Waals surface area contributed by atoms with Gasteiger partial charge in [0.1, 0.15) is 28.3 Å². The number of carboxylic acid groups (broad SMARTS) is 1. The molecule has 8 nitrogen and oxygen atoms in total. The van der Waals surface area contributed by atoms with E-state index in [2.05, 4.69) is 25.4 Å². The van der Waals surface area contributed by atoms with Crippen molar-refractivity contribution in [2.45, 2.75) is 13.0 Å². The molecule has 9 heteroatoms. The number of hydrogen-bond acceptors (Lipinski definition) is 5. The Morgan fingerprint density at radius 2 is 2.21 bits per heavy atom. The van der Waals surface area contributed by atoms with Gasteiger partial charge in [0.2, 0.25) is 0 Å². The number of carbonyl (C=O) groups is 1. The van der Waals surface area contributed by atoms with E-state index in [1.807, 2.05) is 0 Å². The van der Waals surface area contributed by atoms with Crippen LogP contribution in [0.5, 0.6) is 0 Å². The minimum absolute atomic E-state index is 0.0524. The molecule has 0 radical (unpaired) electrons. The molecular weight excluding hydrogens is 363 g/mol. The number of nitrogens with one attached hydrogen (secondary N) is 2. The van der Waals surface area contributed by atoms with Crippen molar-refractivity contribution in [1.82, 2.24) is 30.0 Å². The summed E-state index contributed by atoms with van der Waals surface area (Å²) >= 11 is 0. The van der Waals surface area contributed by atoms with E-state index in [0.29, 0.717) is 35.0 Å². The molecule has 0 aliphatic carbocycles. The van der Waals surface area contributed by atoms with Gasteiger partial charge in [-0.3, -0.25) is 4.68 Å². The minimum atomic E-state index is -1.08. The van der Waals surface area contributed by atoms with Crippen LogP contribution in [-0.4, -0.2) is 48.9 Å². The third-order valence-corrected chi connectivity index (χ3v) is 5.18. The summed E-state index contributed by atoms with van der Waals surface area (Å²) in [6.07, 6.45) is 3.87. The number of aromatic nitrogens is 5. The van der Waals surface area contributed by atoms with Crippen molar-refractivity contribution in [2.75, 3.05) is 13.1 Å². The molecule has 0 unspecified atom stereocenters. The van der Waals surface area contributed by atoms with Crippen LogP contribution in [0.25, 0.3) is 33.5 Å². The van der Waals surface area contributed by atoms with E-state index in [1.54, 1.807) is 16.9 Å². The topological polar surface area (TPSA) is 109 Å². The summed E-state index contributed by atoms with van der Waals surface area (Å²) in [5.41, 5.74) is 2.43. The first-order valence-corrected chi connectivity index (χ1v) is 9.05. The molecule has 4 heterocycles. The van der Waals surface area contributed by atoms with Gasteiger partial charge in [-0.1, -0.05) is 0 Å². The zero-order valence-electron chi connectivity index (χ0n) is 14.8. The molecule has 1 fully saturated rings. The van der Waals surface area contributed by atoms with E-state index >= 15 is 0 Å². The van der Waals surface area contributed by atoms with Gasteiger partial charge in [-0.15, -0.1) is 0 Å². The average Bonchev–Trinajstić information content (AvgIpc) is 3.21. The Kier molecular flexibility index (Phi) is 3.83. The molecule has 0 bridgehead atoms. The number of aryl methyl sites for hydroxylation is 1. The summed E-state index contributed by atoms with van der Waals surface area (Å²) in [5.74, 6) is -0.805.